The zero-order valence-electron chi connectivity index (χ0n) is 10.6. The number of hydrogen-bond donors (Lipinski definition) is 1. The standard InChI is InChI=1S/C11H24N2O2/c1-6-11(7-2,10(14)15-5)12-8-9-13(3)4/h12H,6-9H2,1-5H3. The summed E-state index contributed by atoms with van der Waals surface area (Å²) in [5.74, 6) is -0.161. The molecule has 90 valence electrons. The van der Waals surface area contributed by atoms with E-state index in [1.54, 1.807) is 0 Å². The second-order valence-corrected chi connectivity index (χ2v) is 4.01. The van der Waals surface area contributed by atoms with Gasteiger partial charge >= 0.3 is 5.97 Å². The van der Waals surface area contributed by atoms with Crippen molar-refractivity contribution in [3.8, 4) is 0 Å². The van der Waals surface area contributed by atoms with Gasteiger partial charge in [0.05, 0.1) is 7.11 Å². The molecule has 0 aliphatic heterocycles. The van der Waals surface area contributed by atoms with E-state index in [0.717, 1.165) is 25.9 Å². The van der Waals surface area contributed by atoms with Crippen molar-refractivity contribution in [2.45, 2.75) is 32.2 Å². The third kappa shape index (κ3) is 4.18. The molecule has 0 fully saturated rings. The number of carbonyl (C=O) groups is 1. The highest BCUT2D eigenvalue weighted by Crippen LogP contribution is 2.16. The van der Waals surface area contributed by atoms with Gasteiger partial charge in [0.2, 0.25) is 0 Å². The van der Waals surface area contributed by atoms with E-state index in [2.05, 4.69) is 10.2 Å². The molecule has 0 aromatic carbocycles. The molecule has 0 bridgehead atoms. The molecule has 1 N–H and O–H groups in total. The Hall–Kier alpha value is -0.610. The monoisotopic (exact) mass is 216 g/mol. The third-order valence-electron chi connectivity index (χ3n) is 2.81. The summed E-state index contributed by atoms with van der Waals surface area (Å²) in [6.07, 6.45) is 1.51. The van der Waals surface area contributed by atoms with Gasteiger partial charge in [-0.3, -0.25) is 4.79 Å². The maximum Gasteiger partial charge on any atom is 0.326 e. The number of nitrogens with zero attached hydrogens (tertiary/aromatic N) is 1. The summed E-state index contributed by atoms with van der Waals surface area (Å²) in [6.45, 7) is 5.72. The van der Waals surface area contributed by atoms with E-state index >= 15 is 0 Å². The minimum absolute atomic E-state index is 0.161. The summed E-state index contributed by atoms with van der Waals surface area (Å²) in [7, 11) is 5.47. The second-order valence-electron chi connectivity index (χ2n) is 4.01. The lowest BCUT2D eigenvalue weighted by Crippen LogP contribution is -2.53. The average molecular weight is 216 g/mol. The molecule has 0 saturated carbocycles. The second kappa shape index (κ2) is 6.80. The van der Waals surface area contributed by atoms with Gasteiger partial charge in [-0.1, -0.05) is 13.8 Å². The third-order valence-corrected chi connectivity index (χ3v) is 2.81. The van der Waals surface area contributed by atoms with Crippen LogP contribution in [0.1, 0.15) is 26.7 Å². The topological polar surface area (TPSA) is 41.6 Å². The number of esters is 1. The molecule has 0 aromatic rings. The summed E-state index contributed by atoms with van der Waals surface area (Å²) in [5, 5.41) is 3.30. The highest BCUT2D eigenvalue weighted by Gasteiger charge is 2.35. The van der Waals surface area contributed by atoms with Gasteiger partial charge in [-0.15, -0.1) is 0 Å². The maximum absolute atomic E-state index is 11.7. The first-order valence-electron chi connectivity index (χ1n) is 5.50. The van der Waals surface area contributed by atoms with Gasteiger partial charge < -0.3 is 15.0 Å². The zero-order valence-corrected chi connectivity index (χ0v) is 10.6. The molecule has 0 amide bonds. The number of rotatable bonds is 7. The van der Waals surface area contributed by atoms with Gasteiger partial charge in [0.15, 0.2) is 0 Å². The first-order valence-corrected chi connectivity index (χ1v) is 5.50. The van der Waals surface area contributed by atoms with E-state index < -0.39 is 5.54 Å². The van der Waals surface area contributed by atoms with Crippen molar-refractivity contribution in [1.29, 1.82) is 0 Å². The first kappa shape index (κ1) is 14.4. The molecule has 0 aromatic heterocycles. The molecular formula is C11H24N2O2. The van der Waals surface area contributed by atoms with Crippen LogP contribution in [0.25, 0.3) is 0 Å². The van der Waals surface area contributed by atoms with Crippen molar-refractivity contribution >= 4 is 5.97 Å². The molecule has 15 heavy (non-hydrogen) atoms. The van der Waals surface area contributed by atoms with E-state index in [4.69, 9.17) is 4.74 Å². The van der Waals surface area contributed by atoms with Gasteiger partial charge in [0, 0.05) is 13.1 Å². The van der Waals surface area contributed by atoms with Crippen LogP contribution in [0.5, 0.6) is 0 Å². The van der Waals surface area contributed by atoms with Crippen molar-refractivity contribution in [2.75, 3.05) is 34.3 Å². The average Bonchev–Trinajstić information content (AvgIpc) is 2.23. The largest absolute Gasteiger partial charge is 0.468 e. The molecule has 0 aliphatic carbocycles. The molecular weight excluding hydrogens is 192 g/mol. The normalized spacial score (nSPS) is 11.9. The predicted octanol–water partition coefficient (Wildman–Crippen LogP) is 0.869. The van der Waals surface area contributed by atoms with Crippen LogP contribution in [-0.2, 0) is 9.53 Å². The van der Waals surface area contributed by atoms with E-state index in [1.165, 1.54) is 7.11 Å². The number of hydrogen-bond acceptors (Lipinski definition) is 4. The van der Waals surface area contributed by atoms with Crippen LogP contribution in [-0.4, -0.2) is 50.7 Å². The van der Waals surface area contributed by atoms with Gasteiger partial charge in [-0.25, -0.2) is 0 Å². The van der Waals surface area contributed by atoms with Crippen LogP contribution in [0, 0.1) is 0 Å². The molecule has 4 heteroatoms. The zero-order chi connectivity index (χ0) is 11.9. The molecule has 0 aliphatic rings. The van der Waals surface area contributed by atoms with Crippen LogP contribution in [0.2, 0.25) is 0 Å². The SMILES string of the molecule is CCC(CC)(NCCN(C)C)C(=O)OC. The fourth-order valence-corrected chi connectivity index (χ4v) is 1.57. The number of likely N-dealkylation sites (N-methyl/N-ethyl adjacent to an activating group) is 1. The maximum atomic E-state index is 11.7. The van der Waals surface area contributed by atoms with E-state index in [-0.39, 0.29) is 5.97 Å². The van der Waals surface area contributed by atoms with Crippen LogP contribution in [0.3, 0.4) is 0 Å². The smallest absolute Gasteiger partial charge is 0.326 e. The number of nitrogens with one attached hydrogen (secondary N) is 1. The lowest BCUT2D eigenvalue weighted by atomic mass is 9.93. The summed E-state index contributed by atoms with van der Waals surface area (Å²) in [6, 6.07) is 0. The fourth-order valence-electron chi connectivity index (χ4n) is 1.57. The highest BCUT2D eigenvalue weighted by atomic mass is 16.5. The van der Waals surface area contributed by atoms with Crippen LogP contribution >= 0.6 is 0 Å². The van der Waals surface area contributed by atoms with Crippen LogP contribution in [0.15, 0.2) is 0 Å². The van der Waals surface area contributed by atoms with Gasteiger partial charge in [0.25, 0.3) is 0 Å². The van der Waals surface area contributed by atoms with Crippen LogP contribution < -0.4 is 5.32 Å². The van der Waals surface area contributed by atoms with Crippen molar-refractivity contribution in [3.63, 3.8) is 0 Å². The summed E-state index contributed by atoms with van der Waals surface area (Å²) in [4.78, 5) is 13.8. The van der Waals surface area contributed by atoms with Crippen molar-refractivity contribution in [3.05, 3.63) is 0 Å². The summed E-state index contributed by atoms with van der Waals surface area (Å²) < 4.78 is 4.84. The van der Waals surface area contributed by atoms with Crippen molar-refractivity contribution < 1.29 is 9.53 Å². The highest BCUT2D eigenvalue weighted by molar-refractivity contribution is 5.80. The molecule has 4 nitrogen and oxygen atoms in total. The lowest BCUT2D eigenvalue weighted by Gasteiger charge is -2.30. The van der Waals surface area contributed by atoms with Crippen molar-refractivity contribution in [2.24, 2.45) is 0 Å². The van der Waals surface area contributed by atoms with Crippen molar-refractivity contribution in [1.82, 2.24) is 10.2 Å². The first-order chi connectivity index (χ1) is 7.02. The quantitative estimate of drug-likeness (QED) is 0.641. The summed E-state index contributed by atoms with van der Waals surface area (Å²) >= 11 is 0. The Labute approximate surface area is 93.0 Å². The van der Waals surface area contributed by atoms with Gasteiger partial charge in [-0.05, 0) is 26.9 Å². The lowest BCUT2D eigenvalue weighted by molar-refractivity contribution is -0.149. The molecule has 0 atom stereocenters. The van der Waals surface area contributed by atoms with E-state index in [9.17, 15) is 4.79 Å². The van der Waals surface area contributed by atoms with Crippen LogP contribution in [0.4, 0.5) is 0 Å². The fraction of sp³-hybridized carbons (Fsp3) is 0.909. The Morgan fingerprint density at radius 3 is 2.20 bits per heavy atom. The predicted molar refractivity (Wildman–Crippen MR) is 61.9 cm³/mol. The number of ether oxygens (including phenoxy) is 1. The molecule has 0 rings (SSSR count). The molecule has 0 radical (unpaired) electrons. The minimum Gasteiger partial charge on any atom is -0.468 e. The molecule has 0 spiro atoms. The Bertz CT molecular complexity index is 189. The summed E-state index contributed by atoms with van der Waals surface area (Å²) in [5.41, 5.74) is -0.509. The molecule has 0 heterocycles. The molecule has 0 unspecified atom stereocenters. The van der Waals surface area contributed by atoms with Gasteiger partial charge in [0.1, 0.15) is 5.54 Å². The Morgan fingerprint density at radius 2 is 1.87 bits per heavy atom. The number of methoxy groups -OCH3 is 1. The minimum atomic E-state index is -0.509. The Morgan fingerprint density at radius 1 is 1.33 bits per heavy atom. The van der Waals surface area contributed by atoms with E-state index in [1.807, 2.05) is 27.9 Å². The Kier molecular flexibility index (Phi) is 6.52. The molecule has 0 saturated heterocycles. The Balaban J connectivity index is 4.31. The van der Waals surface area contributed by atoms with E-state index in [0.29, 0.717) is 0 Å². The number of carbonyl (C=O) groups excluding carboxylic acids is 1. The van der Waals surface area contributed by atoms with Gasteiger partial charge in [-0.2, -0.15) is 0 Å².